The molecule has 6 heterocycles. The van der Waals surface area contributed by atoms with Crippen LogP contribution >= 0.6 is 7.60 Å². The topological polar surface area (TPSA) is 99.3 Å². The Bertz CT molecular complexity index is 3560. The highest BCUT2D eigenvalue weighted by Crippen LogP contribution is 2.33. The van der Waals surface area contributed by atoms with E-state index in [0.717, 1.165) is 67.8 Å². The van der Waals surface area contributed by atoms with E-state index in [0.29, 0.717) is 19.6 Å². The van der Waals surface area contributed by atoms with Crippen molar-refractivity contribution in [2.24, 2.45) is 0 Å². The molecule has 0 fully saturated rings. The second-order valence-corrected chi connectivity index (χ2v) is 20.7. The predicted octanol–water partition coefficient (Wildman–Crippen LogP) is 10.3. The molecular formula is C65H57N6O5P+6. The van der Waals surface area contributed by atoms with Crippen molar-refractivity contribution in [2.45, 2.75) is 26.2 Å². The van der Waals surface area contributed by atoms with E-state index < -0.39 is 7.60 Å². The van der Waals surface area contributed by atoms with Crippen molar-refractivity contribution in [3.05, 3.63) is 291 Å². The molecular weight excluding hydrogens is 976 g/mol. The maximum atomic E-state index is 11.4. The van der Waals surface area contributed by atoms with Gasteiger partial charge in [0.1, 0.15) is 29.2 Å². The number of nitrogens with zero attached hydrogens (tertiary/aromatic N) is 6. The van der Waals surface area contributed by atoms with Crippen LogP contribution in [0, 0.1) is 0 Å². The minimum atomic E-state index is -4.07. The van der Waals surface area contributed by atoms with E-state index in [-0.39, 0.29) is 12.7 Å². The van der Waals surface area contributed by atoms with Crippen LogP contribution < -0.4 is 36.9 Å². The van der Waals surface area contributed by atoms with Gasteiger partial charge in [0, 0.05) is 114 Å². The average Bonchev–Trinajstić information content (AvgIpc) is 3.47. The number of ether oxygens (including phenoxy) is 2. The molecule has 5 aromatic carbocycles. The van der Waals surface area contributed by atoms with Crippen molar-refractivity contribution < 1.29 is 51.2 Å². The molecule has 0 spiro atoms. The van der Waals surface area contributed by atoms with E-state index in [4.69, 9.17) is 9.47 Å². The van der Waals surface area contributed by atoms with Gasteiger partial charge in [0.2, 0.25) is 11.4 Å². The van der Waals surface area contributed by atoms with E-state index in [1.807, 2.05) is 109 Å². The van der Waals surface area contributed by atoms with Gasteiger partial charge < -0.3 is 19.3 Å². The SMILES string of the molecule is O=P(O)(O)CC[n+]1ccc(-c2cc[n+](Cc3cc(C[n+]4ccc(-c5cc[n+](-c6ccc(Oc7ccccc7)cc6)cc5)cc4)cc(C[n+]4ccc(-c5cc[n+](-c6ccc(Oc7ccccc7)cc6)cc5)cc4)c3)cc2)cc1. The second-order valence-electron chi connectivity index (χ2n) is 19.0. The first-order valence-electron chi connectivity index (χ1n) is 25.5. The monoisotopic (exact) mass is 1030 g/mol. The molecule has 0 radical (unpaired) electrons. The van der Waals surface area contributed by atoms with E-state index in [9.17, 15) is 14.4 Å². The third-order valence-corrected chi connectivity index (χ3v) is 14.1. The summed E-state index contributed by atoms with van der Waals surface area (Å²) in [6.07, 6.45) is 24.7. The van der Waals surface area contributed by atoms with Crippen LogP contribution in [-0.4, -0.2) is 15.9 Å². The number of pyridine rings is 6. The summed E-state index contributed by atoms with van der Waals surface area (Å²) in [5.41, 5.74) is 12.3. The molecule has 11 aromatic rings. The van der Waals surface area contributed by atoms with E-state index in [1.165, 1.54) is 16.7 Å². The lowest BCUT2D eigenvalue weighted by Crippen LogP contribution is -2.36. The summed E-state index contributed by atoms with van der Waals surface area (Å²) >= 11 is 0. The maximum Gasteiger partial charge on any atom is 0.331 e. The van der Waals surface area contributed by atoms with Crippen molar-refractivity contribution in [3.63, 3.8) is 0 Å². The summed E-state index contributed by atoms with van der Waals surface area (Å²) in [4.78, 5) is 18.6. The van der Waals surface area contributed by atoms with E-state index in [2.05, 4.69) is 188 Å². The fourth-order valence-corrected chi connectivity index (χ4v) is 9.75. The third-order valence-electron chi connectivity index (χ3n) is 13.3. The van der Waals surface area contributed by atoms with Crippen LogP contribution in [0.15, 0.2) is 275 Å². The number of rotatable bonds is 18. The van der Waals surface area contributed by atoms with Crippen LogP contribution in [0.5, 0.6) is 23.0 Å². The Morgan fingerprint density at radius 3 is 0.896 bits per heavy atom. The minimum Gasteiger partial charge on any atom is -0.457 e. The second kappa shape index (κ2) is 23.1. The minimum absolute atomic E-state index is 0.195. The van der Waals surface area contributed by atoms with Crippen molar-refractivity contribution in [2.75, 3.05) is 6.16 Å². The molecule has 0 amide bonds. The molecule has 0 unspecified atom stereocenters. The number of para-hydroxylation sites is 2. The van der Waals surface area contributed by atoms with Crippen molar-refractivity contribution >= 4 is 7.60 Å². The van der Waals surface area contributed by atoms with Crippen molar-refractivity contribution in [1.82, 2.24) is 0 Å². The first kappa shape index (κ1) is 49.9. The molecule has 0 saturated heterocycles. The molecule has 0 aliphatic heterocycles. The largest absolute Gasteiger partial charge is 0.457 e. The number of hydrogen-bond acceptors (Lipinski definition) is 3. The van der Waals surface area contributed by atoms with Gasteiger partial charge in [0.05, 0.1) is 0 Å². The Morgan fingerprint density at radius 1 is 0.325 bits per heavy atom. The van der Waals surface area contributed by atoms with E-state index >= 15 is 0 Å². The van der Waals surface area contributed by atoms with Crippen LogP contribution in [0.3, 0.4) is 0 Å². The highest BCUT2D eigenvalue weighted by molar-refractivity contribution is 7.51. The van der Waals surface area contributed by atoms with Crippen LogP contribution in [0.2, 0.25) is 0 Å². The normalized spacial score (nSPS) is 11.3. The van der Waals surface area contributed by atoms with Gasteiger partial charge in [-0.25, -0.2) is 18.3 Å². The highest BCUT2D eigenvalue weighted by Gasteiger charge is 2.18. The number of benzene rings is 5. The van der Waals surface area contributed by atoms with Gasteiger partial charge in [-0.15, -0.1) is 0 Å². The summed E-state index contributed by atoms with van der Waals surface area (Å²) in [7, 11) is -4.07. The third kappa shape index (κ3) is 13.4. The molecule has 11 rings (SSSR count). The van der Waals surface area contributed by atoms with Crippen molar-refractivity contribution in [1.29, 1.82) is 0 Å². The molecule has 2 N–H and O–H groups in total. The summed E-state index contributed by atoms with van der Waals surface area (Å²) < 4.78 is 36.0. The molecule has 0 atom stereocenters. The van der Waals surface area contributed by atoms with Gasteiger partial charge in [0.25, 0.3) is 0 Å². The molecule has 0 aliphatic rings. The Labute approximate surface area is 448 Å². The zero-order valence-corrected chi connectivity index (χ0v) is 43.2. The first-order chi connectivity index (χ1) is 37.7. The molecule has 0 aliphatic carbocycles. The summed E-state index contributed by atoms with van der Waals surface area (Å²) in [6, 6.07) is 68.2. The smallest absolute Gasteiger partial charge is 0.331 e. The maximum absolute atomic E-state index is 11.4. The summed E-state index contributed by atoms with van der Waals surface area (Å²) in [5.74, 6) is 3.21. The molecule has 0 bridgehead atoms. The number of hydrogen-bond donors (Lipinski definition) is 2. The summed E-state index contributed by atoms with van der Waals surface area (Å²) in [6.45, 7) is 2.35. The zero-order chi connectivity index (χ0) is 52.4. The fourth-order valence-electron chi connectivity index (χ4n) is 9.26. The Balaban J connectivity index is 0.781. The molecule has 376 valence electrons. The quantitative estimate of drug-likeness (QED) is 0.0659. The van der Waals surface area contributed by atoms with Crippen LogP contribution in [-0.2, 0) is 30.7 Å². The lowest BCUT2D eigenvalue weighted by atomic mass is 10.0. The van der Waals surface area contributed by atoms with Gasteiger partial charge in [0.15, 0.2) is 101 Å². The average molecular weight is 1030 g/mol. The molecule has 0 saturated carbocycles. The summed E-state index contributed by atoms with van der Waals surface area (Å²) in [5, 5.41) is 0. The van der Waals surface area contributed by atoms with E-state index in [1.54, 1.807) is 4.57 Å². The molecule has 11 nitrogen and oxygen atoms in total. The molecule has 77 heavy (non-hydrogen) atoms. The van der Waals surface area contributed by atoms with Crippen LogP contribution in [0.4, 0.5) is 0 Å². The van der Waals surface area contributed by atoms with Crippen LogP contribution in [0.25, 0.3) is 44.8 Å². The fraction of sp³-hybridized carbons (Fsp3) is 0.0769. The standard InChI is InChI=1S/C65H55N6O5P/c72-77(73,74)44-43-66-31-19-54(20-32-66)55-21-33-67(34-22-55)48-51-45-52(49-68-35-23-56(24-36-68)58-27-39-70(40-28-58)60-11-15-64(16-12-60)75-62-7-3-1-4-8-62)47-53(46-51)50-69-37-25-57(26-38-69)59-29-41-71(42-30-59)61-13-17-65(18-14-61)76-63-9-5-2-6-10-63/h1-42,45-47H,43-44,48-50H2/q+4/p+2. The Morgan fingerprint density at radius 2 is 0.597 bits per heavy atom. The zero-order valence-electron chi connectivity index (χ0n) is 42.3. The van der Waals surface area contributed by atoms with Gasteiger partial charge in [-0.05, 0) is 100 Å². The number of aryl methyl sites for hydroxylation is 1. The first-order valence-corrected chi connectivity index (χ1v) is 27.3. The molecule has 6 aromatic heterocycles. The van der Waals surface area contributed by atoms with Crippen molar-refractivity contribution in [3.8, 4) is 67.8 Å². The van der Waals surface area contributed by atoms with Gasteiger partial charge in [-0.1, -0.05) is 36.4 Å². The van der Waals surface area contributed by atoms with Crippen LogP contribution in [0.1, 0.15) is 16.7 Å². The predicted molar refractivity (Wildman–Crippen MR) is 293 cm³/mol. The highest BCUT2D eigenvalue weighted by atomic mass is 31.2. The van der Waals surface area contributed by atoms with Gasteiger partial charge in [-0.2, -0.15) is 9.13 Å². The lowest BCUT2D eigenvalue weighted by molar-refractivity contribution is -0.692. The van der Waals surface area contributed by atoms with Gasteiger partial charge in [-0.3, -0.25) is 4.57 Å². The van der Waals surface area contributed by atoms with Gasteiger partial charge >= 0.3 is 7.60 Å². The lowest BCUT2D eigenvalue weighted by Gasteiger charge is -2.08. The number of aromatic nitrogens is 6. The Hall–Kier alpha value is -9.25. The molecule has 12 heteroatoms. The Kier molecular flexibility index (Phi) is 15.0.